The molecule has 1 atom stereocenters. The lowest BCUT2D eigenvalue weighted by Gasteiger charge is -2.09. The number of aromatic amines is 1. The summed E-state index contributed by atoms with van der Waals surface area (Å²) in [6.45, 7) is 6.55. The molecule has 1 aromatic carbocycles. The summed E-state index contributed by atoms with van der Waals surface area (Å²) in [5, 5.41) is 12.8. The molecule has 25 heavy (non-hydrogen) atoms. The number of hydrogen-bond donors (Lipinski definition) is 3. The van der Waals surface area contributed by atoms with Crippen LogP contribution in [-0.2, 0) is 9.53 Å². The number of anilines is 1. The highest BCUT2D eigenvalue weighted by Crippen LogP contribution is 2.25. The zero-order valence-corrected chi connectivity index (χ0v) is 15.3. The van der Waals surface area contributed by atoms with Gasteiger partial charge in [-0.1, -0.05) is 17.7 Å². The standard InChI is InChI=1S/C18H21ClN2O4/c1-9-5-6-14(13(19)7-9)21-15(23)8-25-18(24)17-10(2)16(12(4)22)11(3)20-17/h5-7,12,20,22H,8H2,1-4H3,(H,21,23)/t12-/m0/s1. The predicted octanol–water partition coefficient (Wildman–Crippen LogP) is 3.44. The molecular formula is C18H21ClN2O4. The Morgan fingerprint density at radius 3 is 2.56 bits per heavy atom. The van der Waals surface area contributed by atoms with Gasteiger partial charge < -0.3 is 20.1 Å². The van der Waals surface area contributed by atoms with Gasteiger partial charge >= 0.3 is 5.97 Å². The first-order valence-electron chi connectivity index (χ1n) is 7.81. The van der Waals surface area contributed by atoms with Crippen molar-refractivity contribution >= 4 is 29.2 Å². The lowest BCUT2D eigenvalue weighted by molar-refractivity contribution is -0.119. The molecular weight excluding hydrogens is 344 g/mol. The molecule has 0 aliphatic heterocycles. The molecule has 0 bridgehead atoms. The number of amides is 1. The van der Waals surface area contributed by atoms with Gasteiger partial charge in [-0.15, -0.1) is 0 Å². The third kappa shape index (κ3) is 4.41. The van der Waals surface area contributed by atoms with Gasteiger partial charge in [-0.05, 0) is 51.0 Å². The number of halogens is 1. The van der Waals surface area contributed by atoms with Gasteiger partial charge in [0.2, 0.25) is 0 Å². The number of benzene rings is 1. The Bertz CT molecular complexity index is 812. The smallest absolute Gasteiger partial charge is 0.355 e. The molecule has 0 saturated heterocycles. The lowest BCUT2D eigenvalue weighted by Crippen LogP contribution is -2.21. The summed E-state index contributed by atoms with van der Waals surface area (Å²) in [6.07, 6.45) is -0.704. The molecule has 2 aromatic rings. The quantitative estimate of drug-likeness (QED) is 0.709. The van der Waals surface area contributed by atoms with E-state index in [0.29, 0.717) is 27.5 Å². The highest BCUT2D eigenvalue weighted by Gasteiger charge is 2.21. The van der Waals surface area contributed by atoms with Crippen molar-refractivity contribution in [2.45, 2.75) is 33.8 Å². The number of aryl methyl sites for hydroxylation is 2. The van der Waals surface area contributed by atoms with Gasteiger partial charge in [0.1, 0.15) is 5.69 Å². The number of H-pyrrole nitrogens is 1. The van der Waals surface area contributed by atoms with Crippen molar-refractivity contribution in [1.82, 2.24) is 4.98 Å². The van der Waals surface area contributed by atoms with Crippen LogP contribution in [0.25, 0.3) is 0 Å². The summed E-state index contributed by atoms with van der Waals surface area (Å²) in [5.41, 5.74) is 3.62. The lowest BCUT2D eigenvalue weighted by atomic mass is 10.1. The highest BCUT2D eigenvalue weighted by atomic mass is 35.5. The number of esters is 1. The number of rotatable bonds is 5. The van der Waals surface area contributed by atoms with Crippen molar-refractivity contribution < 1.29 is 19.4 Å². The third-order valence-electron chi connectivity index (χ3n) is 3.85. The molecule has 0 saturated carbocycles. The fourth-order valence-corrected chi connectivity index (χ4v) is 2.99. The third-order valence-corrected chi connectivity index (χ3v) is 4.16. The summed E-state index contributed by atoms with van der Waals surface area (Å²) in [6, 6.07) is 5.23. The maximum absolute atomic E-state index is 12.2. The van der Waals surface area contributed by atoms with E-state index in [9.17, 15) is 14.7 Å². The normalized spacial score (nSPS) is 11.9. The monoisotopic (exact) mass is 364 g/mol. The Morgan fingerprint density at radius 1 is 1.32 bits per heavy atom. The van der Waals surface area contributed by atoms with E-state index in [-0.39, 0.29) is 5.69 Å². The van der Waals surface area contributed by atoms with Crippen LogP contribution in [0, 0.1) is 20.8 Å². The number of aliphatic hydroxyl groups excluding tert-OH is 1. The van der Waals surface area contributed by atoms with Gasteiger partial charge in [-0.2, -0.15) is 0 Å². The molecule has 0 aliphatic rings. The predicted molar refractivity (Wildman–Crippen MR) is 96.0 cm³/mol. The van der Waals surface area contributed by atoms with Crippen molar-refractivity contribution in [3.8, 4) is 0 Å². The molecule has 1 heterocycles. The maximum Gasteiger partial charge on any atom is 0.355 e. The molecule has 3 N–H and O–H groups in total. The van der Waals surface area contributed by atoms with Crippen LogP contribution < -0.4 is 5.32 Å². The van der Waals surface area contributed by atoms with Crippen molar-refractivity contribution in [3.63, 3.8) is 0 Å². The van der Waals surface area contributed by atoms with E-state index in [1.54, 1.807) is 32.9 Å². The minimum absolute atomic E-state index is 0.231. The number of hydrogen-bond acceptors (Lipinski definition) is 4. The summed E-state index contributed by atoms with van der Waals surface area (Å²) < 4.78 is 5.05. The van der Waals surface area contributed by atoms with Crippen molar-refractivity contribution in [1.29, 1.82) is 0 Å². The molecule has 7 heteroatoms. The number of aliphatic hydroxyl groups is 1. The van der Waals surface area contributed by atoms with Gasteiger partial charge in [0.15, 0.2) is 6.61 Å². The van der Waals surface area contributed by atoms with Gasteiger partial charge in [0, 0.05) is 11.3 Å². The Balaban J connectivity index is 2.00. The van der Waals surface area contributed by atoms with E-state index in [0.717, 1.165) is 5.56 Å². The van der Waals surface area contributed by atoms with E-state index >= 15 is 0 Å². The summed E-state index contributed by atoms with van der Waals surface area (Å²) in [4.78, 5) is 27.0. The van der Waals surface area contributed by atoms with Gasteiger partial charge in [-0.3, -0.25) is 4.79 Å². The van der Waals surface area contributed by atoms with E-state index in [1.165, 1.54) is 0 Å². The van der Waals surface area contributed by atoms with Crippen molar-refractivity contribution in [2.75, 3.05) is 11.9 Å². The van der Waals surface area contributed by atoms with Crippen molar-refractivity contribution in [2.24, 2.45) is 0 Å². The Hall–Kier alpha value is -2.31. The number of carbonyl (C=O) groups excluding carboxylic acids is 2. The van der Waals surface area contributed by atoms with E-state index in [1.807, 2.05) is 13.0 Å². The second-order valence-corrected chi connectivity index (χ2v) is 6.35. The topological polar surface area (TPSA) is 91.4 Å². The average molecular weight is 365 g/mol. The Labute approximate surface area is 151 Å². The summed E-state index contributed by atoms with van der Waals surface area (Å²) >= 11 is 6.05. The van der Waals surface area contributed by atoms with Gasteiger partial charge in [0.25, 0.3) is 5.91 Å². The molecule has 0 aliphatic carbocycles. The highest BCUT2D eigenvalue weighted by molar-refractivity contribution is 6.33. The van der Waals surface area contributed by atoms with Crippen LogP contribution in [0.5, 0.6) is 0 Å². The Morgan fingerprint density at radius 2 is 2.00 bits per heavy atom. The van der Waals surface area contributed by atoms with Crippen LogP contribution in [0.2, 0.25) is 5.02 Å². The average Bonchev–Trinajstić information content (AvgIpc) is 2.82. The maximum atomic E-state index is 12.2. The molecule has 0 radical (unpaired) electrons. The Kier molecular flexibility index (Phi) is 5.87. The second-order valence-electron chi connectivity index (χ2n) is 5.95. The molecule has 0 fully saturated rings. The first-order chi connectivity index (χ1) is 11.7. The molecule has 1 aromatic heterocycles. The fraction of sp³-hybridized carbons (Fsp3) is 0.333. The van der Waals surface area contributed by atoms with Gasteiger partial charge in [-0.25, -0.2) is 4.79 Å². The van der Waals surface area contributed by atoms with Crippen LogP contribution in [0.1, 0.15) is 45.9 Å². The molecule has 0 unspecified atom stereocenters. The molecule has 6 nitrogen and oxygen atoms in total. The summed E-state index contributed by atoms with van der Waals surface area (Å²) in [7, 11) is 0. The van der Waals surface area contributed by atoms with E-state index < -0.39 is 24.6 Å². The van der Waals surface area contributed by atoms with Crippen LogP contribution in [0.4, 0.5) is 5.69 Å². The SMILES string of the molecule is Cc1ccc(NC(=O)COC(=O)c2[nH]c(C)c([C@H](C)O)c2C)c(Cl)c1. The largest absolute Gasteiger partial charge is 0.451 e. The number of carbonyl (C=O) groups is 2. The first-order valence-corrected chi connectivity index (χ1v) is 8.18. The summed E-state index contributed by atoms with van der Waals surface area (Å²) in [5.74, 6) is -1.14. The zero-order valence-electron chi connectivity index (χ0n) is 14.6. The van der Waals surface area contributed by atoms with Gasteiger partial charge in [0.05, 0.1) is 16.8 Å². The van der Waals surface area contributed by atoms with Crippen LogP contribution in [-0.4, -0.2) is 28.6 Å². The number of aromatic nitrogens is 1. The second kappa shape index (κ2) is 7.72. The minimum Gasteiger partial charge on any atom is -0.451 e. The first kappa shape index (κ1) is 19.0. The van der Waals surface area contributed by atoms with Crippen LogP contribution in [0.3, 0.4) is 0 Å². The molecule has 0 spiro atoms. The minimum atomic E-state index is -0.704. The molecule has 1 amide bonds. The number of nitrogens with one attached hydrogen (secondary N) is 2. The number of ether oxygens (including phenoxy) is 1. The van der Waals surface area contributed by atoms with E-state index in [4.69, 9.17) is 16.3 Å². The van der Waals surface area contributed by atoms with Crippen LogP contribution >= 0.6 is 11.6 Å². The van der Waals surface area contributed by atoms with Crippen molar-refractivity contribution in [3.05, 3.63) is 51.3 Å². The van der Waals surface area contributed by atoms with E-state index in [2.05, 4.69) is 10.3 Å². The fourth-order valence-electron chi connectivity index (χ4n) is 2.71. The molecule has 2 rings (SSSR count). The molecule has 134 valence electrons. The van der Waals surface area contributed by atoms with Crippen LogP contribution in [0.15, 0.2) is 18.2 Å². The zero-order chi connectivity index (χ0) is 18.7.